The third-order valence-electron chi connectivity index (χ3n) is 3.39. The van der Waals surface area contributed by atoms with Crippen molar-refractivity contribution >= 4 is 34.8 Å². The number of amides is 2. The molecule has 1 aromatic heterocycles. The number of halogens is 1. The third-order valence-corrected chi connectivity index (χ3v) is 4.73. The predicted molar refractivity (Wildman–Crippen MR) is 81.2 cm³/mol. The molecule has 0 aromatic carbocycles. The second kappa shape index (κ2) is 5.74. The number of thiophene rings is 1. The van der Waals surface area contributed by atoms with Crippen LogP contribution in [0, 0.1) is 5.92 Å². The van der Waals surface area contributed by atoms with Gasteiger partial charge in [0.15, 0.2) is 0 Å². The standard InChI is InChI=1S/C14H19ClN2O2S/c1-14(2,3)17-8-9(6-11(17)18)7-16-13(19)12-10(15)4-5-20-12/h4-5,9H,6-8H2,1-3H3,(H,16,19). The van der Waals surface area contributed by atoms with Crippen LogP contribution in [0.2, 0.25) is 5.02 Å². The zero-order chi connectivity index (χ0) is 14.9. The van der Waals surface area contributed by atoms with Gasteiger partial charge in [0.25, 0.3) is 5.91 Å². The van der Waals surface area contributed by atoms with Crippen LogP contribution in [0.15, 0.2) is 11.4 Å². The van der Waals surface area contributed by atoms with E-state index in [0.29, 0.717) is 29.4 Å². The quantitative estimate of drug-likeness (QED) is 0.932. The fraction of sp³-hybridized carbons (Fsp3) is 0.571. The summed E-state index contributed by atoms with van der Waals surface area (Å²) >= 11 is 7.25. The Hall–Kier alpha value is -1.07. The van der Waals surface area contributed by atoms with Crippen LogP contribution in [0.25, 0.3) is 0 Å². The van der Waals surface area contributed by atoms with Crippen LogP contribution in [0.3, 0.4) is 0 Å². The van der Waals surface area contributed by atoms with E-state index in [4.69, 9.17) is 11.6 Å². The van der Waals surface area contributed by atoms with Gasteiger partial charge < -0.3 is 10.2 Å². The van der Waals surface area contributed by atoms with E-state index in [2.05, 4.69) is 5.32 Å². The van der Waals surface area contributed by atoms with Gasteiger partial charge in [-0.15, -0.1) is 11.3 Å². The minimum Gasteiger partial charge on any atom is -0.351 e. The molecule has 2 heterocycles. The molecule has 1 aliphatic rings. The number of hydrogen-bond acceptors (Lipinski definition) is 3. The van der Waals surface area contributed by atoms with Crippen LogP contribution in [-0.2, 0) is 4.79 Å². The Morgan fingerprint density at radius 2 is 2.25 bits per heavy atom. The molecule has 1 unspecified atom stereocenters. The minimum atomic E-state index is -0.161. The Morgan fingerprint density at radius 3 is 2.75 bits per heavy atom. The van der Waals surface area contributed by atoms with E-state index in [9.17, 15) is 9.59 Å². The lowest BCUT2D eigenvalue weighted by molar-refractivity contribution is -0.131. The largest absolute Gasteiger partial charge is 0.351 e. The van der Waals surface area contributed by atoms with Crippen molar-refractivity contribution in [1.82, 2.24) is 10.2 Å². The number of rotatable bonds is 3. The van der Waals surface area contributed by atoms with E-state index in [1.54, 1.807) is 11.4 Å². The summed E-state index contributed by atoms with van der Waals surface area (Å²) in [7, 11) is 0. The van der Waals surface area contributed by atoms with Crippen molar-refractivity contribution in [1.29, 1.82) is 0 Å². The Morgan fingerprint density at radius 1 is 1.55 bits per heavy atom. The molecule has 0 spiro atoms. The molecule has 0 bridgehead atoms. The summed E-state index contributed by atoms with van der Waals surface area (Å²) in [4.78, 5) is 26.3. The van der Waals surface area contributed by atoms with Crippen LogP contribution in [0.4, 0.5) is 0 Å². The normalized spacial score (nSPS) is 19.5. The fourth-order valence-corrected chi connectivity index (χ4v) is 3.40. The van der Waals surface area contributed by atoms with Crippen LogP contribution < -0.4 is 5.32 Å². The van der Waals surface area contributed by atoms with E-state index < -0.39 is 0 Å². The first kappa shape index (κ1) is 15.3. The molecule has 0 saturated carbocycles. The van der Waals surface area contributed by atoms with Gasteiger partial charge in [0.2, 0.25) is 5.91 Å². The van der Waals surface area contributed by atoms with Gasteiger partial charge in [0, 0.05) is 31.0 Å². The second-order valence-corrected chi connectivity index (χ2v) is 7.38. The van der Waals surface area contributed by atoms with Gasteiger partial charge in [-0.05, 0) is 32.2 Å². The lowest BCUT2D eigenvalue weighted by atomic mass is 10.1. The van der Waals surface area contributed by atoms with E-state index in [1.165, 1.54) is 11.3 Å². The number of nitrogens with one attached hydrogen (secondary N) is 1. The van der Waals surface area contributed by atoms with Crippen LogP contribution in [-0.4, -0.2) is 35.3 Å². The van der Waals surface area contributed by atoms with Gasteiger partial charge in [0.1, 0.15) is 4.88 Å². The van der Waals surface area contributed by atoms with Crippen molar-refractivity contribution in [3.63, 3.8) is 0 Å². The van der Waals surface area contributed by atoms with Crippen LogP contribution in [0.1, 0.15) is 36.9 Å². The third kappa shape index (κ3) is 3.33. The molecule has 1 fully saturated rings. The van der Waals surface area contributed by atoms with Crippen molar-refractivity contribution in [2.45, 2.75) is 32.7 Å². The van der Waals surface area contributed by atoms with Crippen molar-refractivity contribution < 1.29 is 9.59 Å². The summed E-state index contributed by atoms with van der Waals surface area (Å²) in [5.41, 5.74) is -0.160. The fourth-order valence-electron chi connectivity index (χ4n) is 2.34. The molecule has 20 heavy (non-hydrogen) atoms. The summed E-state index contributed by atoms with van der Waals surface area (Å²) in [6.45, 7) is 7.28. The summed E-state index contributed by atoms with van der Waals surface area (Å²) in [5, 5.41) is 5.14. The van der Waals surface area contributed by atoms with Crippen LogP contribution >= 0.6 is 22.9 Å². The molecule has 1 saturated heterocycles. The van der Waals surface area contributed by atoms with Gasteiger partial charge in [-0.1, -0.05) is 11.6 Å². The molecule has 0 aliphatic carbocycles. The maximum atomic E-state index is 12.0. The molecule has 1 aliphatic heterocycles. The molecule has 2 rings (SSSR count). The van der Waals surface area contributed by atoms with Crippen molar-refractivity contribution in [2.24, 2.45) is 5.92 Å². The highest BCUT2D eigenvalue weighted by Crippen LogP contribution is 2.26. The topological polar surface area (TPSA) is 49.4 Å². The van der Waals surface area contributed by atoms with Gasteiger partial charge in [-0.2, -0.15) is 0 Å². The number of nitrogens with zero attached hydrogens (tertiary/aromatic N) is 1. The Bertz CT molecular complexity index is 521. The Balaban J connectivity index is 1.89. The number of hydrogen-bond donors (Lipinski definition) is 1. The highest BCUT2D eigenvalue weighted by atomic mass is 35.5. The van der Waals surface area contributed by atoms with Gasteiger partial charge in [-0.25, -0.2) is 0 Å². The van der Waals surface area contributed by atoms with Gasteiger partial charge in [-0.3, -0.25) is 9.59 Å². The van der Waals surface area contributed by atoms with E-state index in [0.717, 1.165) is 0 Å². The van der Waals surface area contributed by atoms with E-state index in [1.807, 2.05) is 25.7 Å². The van der Waals surface area contributed by atoms with E-state index >= 15 is 0 Å². The molecule has 2 amide bonds. The van der Waals surface area contributed by atoms with Gasteiger partial charge >= 0.3 is 0 Å². The molecule has 0 radical (unpaired) electrons. The molecule has 4 nitrogen and oxygen atoms in total. The number of likely N-dealkylation sites (tertiary alicyclic amines) is 1. The minimum absolute atomic E-state index is 0.158. The molecular formula is C14H19ClN2O2S. The van der Waals surface area contributed by atoms with Crippen molar-refractivity contribution in [2.75, 3.05) is 13.1 Å². The molecule has 6 heteroatoms. The SMILES string of the molecule is CC(C)(C)N1CC(CNC(=O)c2sccc2Cl)CC1=O. The first-order valence-corrected chi connectivity index (χ1v) is 7.86. The maximum Gasteiger partial charge on any atom is 0.262 e. The van der Waals surface area contributed by atoms with E-state index in [-0.39, 0.29) is 23.3 Å². The average molecular weight is 315 g/mol. The lowest BCUT2D eigenvalue weighted by Crippen LogP contribution is -2.42. The second-order valence-electron chi connectivity index (χ2n) is 6.05. The van der Waals surface area contributed by atoms with Gasteiger partial charge in [0.05, 0.1) is 5.02 Å². The number of carbonyl (C=O) groups excluding carboxylic acids is 2. The summed E-state index contributed by atoms with van der Waals surface area (Å²) in [5.74, 6) is 0.168. The lowest BCUT2D eigenvalue weighted by Gasteiger charge is -2.32. The van der Waals surface area contributed by atoms with Crippen molar-refractivity contribution in [3.05, 3.63) is 21.3 Å². The molecular weight excluding hydrogens is 296 g/mol. The Kier molecular flexibility index (Phi) is 4.39. The highest BCUT2D eigenvalue weighted by Gasteiger charge is 2.36. The zero-order valence-electron chi connectivity index (χ0n) is 11.9. The zero-order valence-corrected chi connectivity index (χ0v) is 13.5. The smallest absolute Gasteiger partial charge is 0.262 e. The molecule has 1 aromatic rings. The first-order chi connectivity index (χ1) is 9.29. The molecule has 110 valence electrons. The average Bonchev–Trinajstić information content (AvgIpc) is 2.91. The summed E-state index contributed by atoms with van der Waals surface area (Å²) in [6.07, 6.45) is 0.496. The monoisotopic (exact) mass is 314 g/mol. The summed E-state index contributed by atoms with van der Waals surface area (Å²) in [6, 6.07) is 1.71. The molecule has 1 atom stereocenters. The number of carbonyl (C=O) groups is 2. The molecule has 1 N–H and O–H groups in total. The van der Waals surface area contributed by atoms with Crippen LogP contribution in [0.5, 0.6) is 0 Å². The summed E-state index contributed by atoms with van der Waals surface area (Å²) < 4.78 is 0. The van der Waals surface area contributed by atoms with Crippen molar-refractivity contribution in [3.8, 4) is 0 Å². The highest BCUT2D eigenvalue weighted by molar-refractivity contribution is 7.12. The maximum absolute atomic E-state index is 12.0. The first-order valence-electron chi connectivity index (χ1n) is 6.60. The predicted octanol–water partition coefficient (Wildman–Crippen LogP) is 2.78. The Labute approximate surface area is 128 Å².